The highest BCUT2D eigenvalue weighted by molar-refractivity contribution is 6.35. The summed E-state index contributed by atoms with van der Waals surface area (Å²) in [6.45, 7) is 6.31. The Morgan fingerprint density at radius 3 is 2.84 bits per heavy atom. The standard InChI is InChI=1S/C13H17ClFN3O/c1-13(2,3)16-6-10(19)7-4-9(15)11(14)12-8(7)5-17-18-12/h4-5,10,16,19H,6H2,1-3H3,(H,17,18)/t10-/m0/s1. The second kappa shape index (κ2) is 5.07. The highest BCUT2D eigenvalue weighted by Gasteiger charge is 2.19. The van der Waals surface area contributed by atoms with Gasteiger partial charge in [-0.15, -0.1) is 0 Å². The maximum absolute atomic E-state index is 13.7. The van der Waals surface area contributed by atoms with Crippen LogP contribution in [0.1, 0.15) is 32.4 Å². The molecular weight excluding hydrogens is 269 g/mol. The predicted molar refractivity (Wildman–Crippen MR) is 73.8 cm³/mol. The number of benzene rings is 1. The van der Waals surface area contributed by atoms with Crippen LogP contribution in [-0.4, -0.2) is 27.4 Å². The molecule has 0 fully saturated rings. The maximum atomic E-state index is 13.7. The monoisotopic (exact) mass is 285 g/mol. The molecule has 3 N–H and O–H groups in total. The summed E-state index contributed by atoms with van der Waals surface area (Å²) in [6.07, 6.45) is 0.710. The Bertz CT molecular complexity index is 591. The molecule has 19 heavy (non-hydrogen) atoms. The van der Waals surface area contributed by atoms with Crippen molar-refractivity contribution in [1.82, 2.24) is 15.5 Å². The van der Waals surface area contributed by atoms with Crippen LogP contribution in [0.25, 0.3) is 10.9 Å². The fourth-order valence-corrected chi connectivity index (χ4v) is 2.06. The summed E-state index contributed by atoms with van der Waals surface area (Å²) >= 11 is 5.85. The largest absolute Gasteiger partial charge is 0.387 e. The van der Waals surface area contributed by atoms with Gasteiger partial charge in [-0.25, -0.2) is 4.39 Å². The number of rotatable bonds is 3. The molecule has 0 amide bonds. The van der Waals surface area contributed by atoms with E-state index in [2.05, 4.69) is 15.5 Å². The number of β-amino-alcohol motifs (C(OH)–C–C–N with tert-alkyl or cyclic N) is 1. The van der Waals surface area contributed by atoms with Gasteiger partial charge in [0, 0.05) is 17.5 Å². The minimum absolute atomic E-state index is 0.00719. The van der Waals surface area contributed by atoms with E-state index in [4.69, 9.17) is 11.6 Å². The number of aromatic amines is 1. The van der Waals surface area contributed by atoms with E-state index in [1.807, 2.05) is 20.8 Å². The molecule has 2 aromatic rings. The third-order valence-electron chi connectivity index (χ3n) is 2.85. The smallest absolute Gasteiger partial charge is 0.144 e. The highest BCUT2D eigenvalue weighted by Crippen LogP contribution is 2.31. The van der Waals surface area contributed by atoms with Gasteiger partial charge in [0.1, 0.15) is 10.8 Å². The topological polar surface area (TPSA) is 60.9 Å². The maximum Gasteiger partial charge on any atom is 0.144 e. The number of halogens is 2. The first-order valence-electron chi connectivity index (χ1n) is 6.03. The summed E-state index contributed by atoms with van der Waals surface area (Å²) in [5.41, 5.74) is 0.760. The zero-order valence-corrected chi connectivity index (χ0v) is 11.8. The van der Waals surface area contributed by atoms with Crippen LogP contribution in [0.5, 0.6) is 0 Å². The molecule has 6 heteroatoms. The average molecular weight is 286 g/mol. The fourth-order valence-electron chi connectivity index (χ4n) is 1.86. The van der Waals surface area contributed by atoms with Crippen molar-refractivity contribution >= 4 is 22.5 Å². The molecule has 1 atom stereocenters. The average Bonchev–Trinajstić information content (AvgIpc) is 2.79. The van der Waals surface area contributed by atoms with E-state index in [-0.39, 0.29) is 10.6 Å². The normalized spacial score (nSPS) is 14.0. The summed E-state index contributed by atoms with van der Waals surface area (Å²) in [5.74, 6) is -0.566. The van der Waals surface area contributed by atoms with Gasteiger partial charge in [-0.2, -0.15) is 5.10 Å². The van der Waals surface area contributed by atoms with Gasteiger partial charge in [-0.05, 0) is 32.4 Å². The first-order chi connectivity index (χ1) is 8.79. The number of fused-ring (bicyclic) bond motifs is 1. The van der Waals surface area contributed by atoms with Gasteiger partial charge in [0.15, 0.2) is 0 Å². The van der Waals surface area contributed by atoms with E-state index in [1.54, 1.807) is 0 Å². The lowest BCUT2D eigenvalue weighted by molar-refractivity contribution is 0.164. The lowest BCUT2D eigenvalue weighted by Gasteiger charge is -2.23. The Kier molecular flexibility index (Phi) is 3.80. The van der Waals surface area contributed by atoms with E-state index in [9.17, 15) is 9.50 Å². The second-order valence-corrected chi connectivity index (χ2v) is 5.94. The van der Waals surface area contributed by atoms with Gasteiger partial charge in [0.25, 0.3) is 0 Å². The van der Waals surface area contributed by atoms with Crippen LogP contribution >= 0.6 is 11.6 Å². The van der Waals surface area contributed by atoms with Gasteiger partial charge >= 0.3 is 0 Å². The summed E-state index contributed by atoms with van der Waals surface area (Å²) in [5, 5.41) is 20.5. The molecule has 1 aromatic heterocycles. The Labute approximate surface area is 116 Å². The molecule has 0 spiro atoms. The number of hydrogen-bond acceptors (Lipinski definition) is 3. The fraction of sp³-hybridized carbons (Fsp3) is 0.462. The number of nitrogens with one attached hydrogen (secondary N) is 2. The van der Waals surface area contributed by atoms with Crippen molar-refractivity contribution in [2.75, 3.05) is 6.54 Å². The van der Waals surface area contributed by atoms with Crippen molar-refractivity contribution in [3.63, 3.8) is 0 Å². The molecule has 0 saturated carbocycles. The summed E-state index contributed by atoms with van der Waals surface area (Å²) in [6, 6.07) is 1.26. The third kappa shape index (κ3) is 3.05. The Morgan fingerprint density at radius 2 is 2.21 bits per heavy atom. The summed E-state index contributed by atoms with van der Waals surface area (Å²) < 4.78 is 13.7. The number of aliphatic hydroxyl groups is 1. The highest BCUT2D eigenvalue weighted by atomic mass is 35.5. The Balaban J connectivity index is 2.34. The van der Waals surface area contributed by atoms with Crippen LogP contribution in [0.4, 0.5) is 4.39 Å². The number of aromatic nitrogens is 2. The van der Waals surface area contributed by atoms with Crippen molar-refractivity contribution in [3.05, 3.63) is 28.7 Å². The molecule has 0 saturated heterocycles. The Hall–Kier alpha value is -1.17. The van der Waals surface area contributed by atoms with Crippen molar-refractivity contribution in [1.29, 1.82) is 0 Å². The van der Waals surface area contributed by atoms with Gasteiger partial charge in [-0.3, -0.25) is 5.10 Å². The van der Waals surface area contributed by atoms with E-state index in [0.717, 1.165) is 0 Å². The van der Waals surface area contributed by atoms with Crippen molar-refractivity contribution in [3.8, 4) is 0 Å². The lowest BCUT2D eigenvalue weighted by atomic mass is 10.0. The molecule has 1 heterocycles. The summed E-state index contributed by atoms with van der Waals surface area (Å²) in [4.78, 5) is 0. The molecule has 0 unspecified atom stereocenters. The third-order valence-corrected chi connectivity index (χ3v) is 3.22. The van der Waals surface area contributed by atoms with Crippen LogP contribution in [0, 0.1) is 5.82 Å². The van der Waals surface area contributed by atoms with Crippen molar-refractivity contribution < 1.29 is 9.50 Å². The van der Waals surface area contributed by atoms with Crippen LogP contribution in [0.2, 0.25) is 5.02 Å². The second-order valence-electron chi connectivity index (χ2n) is 5.57. The molecule has 4 nitrogen and oxygen atoms in total. The molecule has 0 bridgehead atoms. The van der Waals surface area contributed by atoms with Crippen LogP contribution in [0.15, 0.2) is 12.3 Å². The molecule has 0 radical (unpaired) electrons. The number of H-pyrrole nitrogens is 1. The van der Waals surface area contributed by atoms with Gasteiger partial charge in [0.2, 0.25) is 0 Å². The minimum atomic E-state index is -0.828. The SMILES string of the molecule is CC(C)(C)NC[C@H](O)c1cc(F)c(Cl)c2[nH]ncc12. The first-order valence-corrected chi connectivity index (χ1v) is 6.41. The Morgan fingerprint density at radius 1 is 1.53 bits per heavy atom. The first kappa shape index (κ1) is 14.2. The molecule has 1 aromatic carbocycles. The lowest BCUT2D eigenvalue weighted by Crippen LogP contribution is -2.38. The van der Waals surface area contributed by atoms with Crippen LogP contribution in [0.3, 0.4) is 0 Å². The zero-order chi connectivity index (χ0) is 14.2. The quantitative estimate of drug-likeness (QED) is 0.813. The molecule has 0 aliphatic carbocycles. The van der Waals surface area contributed by atoms with Gasteiger partial charge in [-0.1, -0.05) is 11.6 Å². The van der Waals surface area contributed by atoms with E-state index < -0.39 is 11.9 Å². The van der Waals surface area contributed by atoms with Crippen molar-refractivity contribution in [2.45, 2.75) is 32.4 Å². The van der Waals surface area contributed by atoms with Crippen LogP contribution < -0.4 is 5.32 Å². The summed E-state index contributed by atoms with van der Waals surface area (Å²) in [7, 11) is 0. The van der Waals surface area contributed by atoms with E-state index in [1.165, 1.54) is 12.3 Å². The van der Waals surface area contributed by atoms with Crippen LogP contribution in [-0.2, 0) is 0 Å². The van der Waals surface area contributed by atoms with E-state index in [0.29, 0.717) is 23.0 Å². The van der Waals surface area contributed by atoms with Gasteiger partial charge in [0.05, 0.1) is 17.8 Å². The molecule has 0 aliphatic heterocycles. The minimum Gasteiger partial charge on any atom is -0.387 e. The van der Waals surface area contributed by atoms with Gasteiger partial charge < -0.3 is 10.4 Å². The van der Waals surface area contributed by atoms with E-state index >= 15 is 0 Å². The molecule has 2 rings (SSSR count). The molecule has 104 valence electrons. The predicted octanol–water partition coefficient (Wildman–Crippen LogP) is 2.78. The number of aliphatic hydroxyl groups excluding tert-OH is 1. The molecule has 0 aliphatic rings. The number of nitrogens with zero attached hydrogens (tertiary/aromatic N) is 1. The number of hydrogen-bond donors (Lipinski definition) is 3. The molecular formula is C13H17ClFN3O. The zero-order valence-electron chi connectivity index (χ0n) is 11.1. The van der Waals surface area contributed by atoms with Crippen molar-refractivity contribution in [2.24, 2.45) is 0 Å².